The lowest BCUT2D eigenvalue weighted by Crippen LogP contribution is -1.94. The van der Waals surface area contributed by atoms with Crippen LogP contribution in [0.1, 0.15) is 11.1 Å². The third-order valence-corrected chi connectivity index (χ3v) is 3.28. The zero-order chi connectivity index (χ0) is 13.1. The van der Waals surface area contributed by atoms with Gasteiger partial charge in [-0.2, -0.15) is 0 Å². The second kappa shape index (κ2) is 5.32. The zero-order valence-corrected chi connectivity index (χ0v) is 11.5. The van der Waals surface area contributed by atoms with Gasteiger partial charge in [-0.15, -0.1) is 0 Å². The van der Waals surface area contributed by atoms with E-state index in [1.165, 1.54) is 0 Å². The molecule has 0 heterocycles. The van der Waals surface area contributed by atoms with Crippen molar-refractivity contribution in [2.45, 2.75) is 13.8 Å². The molecule has 0 aliphatic rings. The number of hydrogen-bond acceptors (Lipinski definition) is 2. The van der Waals surface area contributed by atoms with E-state index in [9.17, 15) is 0 Å². The van der Waals surface area contributed by atoms with Crippen LogP contribution in [0.15, 0.2) is 36.4 Å². The maximum absolute atomic E-state index is 6.08. The fourth-order valence-electron chi connectivity index (χ4n) is 1.75. The standard InChI is InChI=1S/C15H16ClNO/c1-10-9-15(11(2)8-14(10)16)17-12-4-6-13(18-3)7-5-12/h4-9,17H,1-3H3. The third kappa shape index (κ3) is 2.77. The summed E-state index contributed by atoms with van der Waals surface area (Å²) in [6.07, 6.45) is 0. The first kappa shape index (κ1) is 12.8. The van der Waals surface area contributed by atoms with Crippen LogP contribution in [0.2, 0.25) is 5.02 Å². The van der Waals surface area contributed by atoms with Gasteiger partial charge in [0, 0.05) is 16.4 Å². The predicted octanol–water partition coefficient (Wildman–Crippen LogP) is 4.71. The molecular formula is C15H16ClNO. The topological polar surface area (TPSA) is 21.3 Å². The predicted molar refractivity (Wildman–Crippen MR) is 77.2 cm³/mol. The van der Waals surface area contributed by atoms with Gasteiger partial charge in [0.1, 0.15) is 5.75 Å². The van der Waals surface area contributed by atoms with Crippen LogP contribution >= 0.6 is 11.6 Å². The highest BCUT2D eigenvalue weighted by Gasteiger charge is 2.03. The van der Waals surface area contributed by atoms with E-state index < -0.39 is 0 Å². The maximum atomic E-state index is 6.08. The van der Waals surface area contributed by atoms with Crippen LogP contribution in [0.25, 0.3) is 0 Å². The Labute approximate surface area is 113 Å². The lowest BCUT2D eigenvalue weighted by atomic mass is 10.1. The Balaban J connectivity index is 2.25. The summed E-state index contributed by atoms with van der Waals surface area (Å²) in [6, 6.07) is 11.9. The zero-order valence-electron chi connectivity index (χ0n) is 10.8. The van der Waals surface area contributed by atoms with Crippen LogP contribution in [0.5, 0.6) is 5.75 Å². The molecule has 0 aromatic heterocycles. The van der Waals surface area contributed by atoms with E-state index in [0.29, 0.717) is 0 Å². The minimum atomic E-state index is 0.799. The minimum absolute atomic E-state index is 0.799. The summed E-state index contributed by atoms with van der Waals surface area (Å²) < 4.78 is 5.13. The van der Waals surface area contributed by atoms with E-state index in [2.05, 4.69) is 11.4 Å². The monoisotopic (exact) mass is 261 g/mol. The number of rotatable bonds is 3. The highest BCUT2D eigenvalue weighted by molar-refractivity contribution is 6.31. The molecule has 0 saturated carbocycles. The number of hydrogen-bond donors (Lipinski definition) is 1. The fourth-order valence-corrected chi connectivity index (χ4v) is 1.96. The number of nitrogens with one attached hydrogen (secondary N) is 1. The number of aryl methyl sites for hydroxylation is 2. The summed E-state index contributed by atoms with van der Waals surface area (Å²) >= 11 is 6.08. The van der Waals surface area contributed by atoms with Crippen LogP contribution in [0, 0.1) is 13.8 Å². The molecule has 0 saturated heterocycles. The second-order valence-electron chi connectivity index (χ2n) is 4.27. The van der Waals surface area contributed by atoms with Crippen molar-refractivity contribution < 1.29 is 4.74 Å². The maximum Gasteiger partial charge on any atom is 0.119 e. The number of ether oxygens (including phenoxy) is 1. The van der Waals surface area contributed by atoms with Crippen LogP contribution in [-0.4, -0.2) is 7.11 Å². The van der Waals surface area contributed by atoms with E-state index >= 15 is 0 Å². The normalized spacial score (nSPS) is 10.2. The first-order chi connectivity index (χ1) is 8.60. The molecule has 2 aromatic rings. The summed E-state index contributed by atoms with van der Waals surface area (Å²) in [7, 11) is 1.66. The lowest BCUT2D eigenvalue weighted by molar-refractivity contribution is 0.415. The summed E-state index contributed by atoms with van der Waals surface area (Å²) in [5.41, 5.74) is 4.29. The van der Waals surface area contributed by atoms with Crippen molar-refractivity contribution in [3.05, 3.63) is 52.5 Å². The number of halogens is 1. The molecule has 0 aliphatic heterocycles. The van der Waals surface area contributed by atoms with Crippen molar-refractivity contribution in [1.29, 1.82) is 0 Å². The van der Waals surface area contributed by atoms with Crippen molar-refractivity contribution in [3.8, 4) is 5.75 Å². The molecule has 2 nitrogen and oxygen atoms in total. The van der Waals surface area contributed by atoms with Crippen molar-refractivity contribution in [1.82, 2.24) is 0 Å². The van der Waals surface area contributed by atoms with Crippen molar-refractivity contribution in [2.24, 2.45) is 0 Å². The molecular weight excluding hydrogens is 246 g/mol. The quantitative estimate of drug-likeness (QED) is 0.864. The Hall–Kier alpha value is -1.67. The van der Waals surface area contributed by atoms with Gasteiger partial charge in [-0.05, 0) is 61.4 Å². The minimum Gasteiger partial charge on any atom is -0.497 e. The number of anilines is 2. The largest absolute Gasteiger partial charge is 0.497 e. The number of methoxy groups -OCH3 is 1. The van der Waals surface area contributed by atoms with Gasteiger partial charge >= 0.3 is 0 Å². The summed E-state index contributed by atoms with van der Waals surface area (Å²) in [5, 5.41) is 4.18. The Morgan fingerprint density at radius 3 is 2.28 bits per heavy atom. The lowest BCUT2D eigenvalue weighted by Gasteiger charge is -2.12. The summed E-state index contributed by atoms with van der Waals surface area (Å²) in [5.74, 6) is 0.851. The summed E-state index contributed by atoms with van der Waals surface area (Å²) in [4.78, 5) is 0. The molecule has 0 fully saturated rings. The Kier molecular flexibility index (Phi) is 3.78. The molecule has 0 radical (unpaired) electrons. The van der Waals surface area contributed by atoms with Gasteiger partial charge in [0.25, 0.3) is 0 Å². The van der Waals surface area contributed by atoms with E-state index in [1.54, 1.807) is 7.11 Å². The smallest absolute Gasteiger partial charge is 0.119 e. The van der Waals surface area contributed by atoms with Gasteiger partial charge in [0.2, 0.25) is 0 Å². The van der Waals surface area contributed by atoms with Gasteiger partial charge < -0.3 is 10.1 Å². The van der Waals surface area contributed by atoms with Gasteiger partial charge in [-0.25, -0.2) is 0 Å². The Morgan fingerprint density at radius 2 is 1.67 bits per heavy atom. The van der Waals surface area contributed by atoms with Crippen molar-refractivity contribution in [2.75, 3.05) is 12.4 Å². The van der Waals surface area contributed by atoms with Crippen LogP contribution < -0.4 is 10.1 Å². The molecule has 0 atom stereocenters. The molecule has 3 heteroatoms. The molecule has 0 unspecified atom stereocenters. The van der Waals surface area contributed by atoms with Crippen molar-refractivity contribution in [3.63, 3.8) is 0 Å². The van der Waals surface area contributed by atoms with Gasteiger partial charge in [-0.1, -0.05) is 11.6 Å². The molecule has 0 bridgehead atoms. The van der Waals surface area contributed by atoms with Crippen LogP contribution in [-0.2, 0) is 0 Å². The first-order valence-electron chi connectivity index (χ1n) is 5.78. The molecule has 1 N–H and O–H groups in total. The fraction of sp³-hybridized carbons (Fsp3) is 0.200. The van der Waals surface area contributed by atoms with Crippen LogP contribution in [0.4, 0.5) is 11.4 Å². The molecule has 0 aliphatic carbocycles. The average Bonchev–Trinajstić information content (AvgIpc) is 2.37. The highest BCUT2D eigenvalue weighted by atomic mass is 35.5. The van der Waals surface area contributed by atoms with E-state index in [0.717, 1.165) is 33.3 Å². The van der Waals surface area contributed by atoms with Gasteiger partial charge in [0.15, 0.2) is 0 Å². The average molecular weight is 262 g/mol. The molecule has 2 rings (SSSR count). The van der Waals surface area contributed by atoms with Gasteiger partial charge in [0.05, 0.1) is 7.11 Å². The molecule has 18 heavy (non-hydrogen) atoms. The molecule has 0 spiro atoms. The van der Waals surface area contributed by atoms with E-state index in [-0.39, 0.29) is 0 Å². The van der Waals surface area contributed by atoms with Crippen LogP contribution in [0.3, 0.4) is 0 Å². The summed E-state index contributed by atoms with van der Waals surface area (Å²) in [6.45, 7) is 4.04. The molecule has 94 valence electrons. The van der Waals surface area contributed by atoms with E-state index in [1.807, 2.05) is 44.2 Å². The Morgan fingerprint density at radius 1 is 1.00 bits per heavy atom. The Bertz CT molecular complexity index is 549. The molecule has 2 aromatic carbocycles. The third-order valence-electron chi connectivity index (χ3n) is 2.87. The number of benzene rings is 2. The van der Waals surface area contributed by atoms with E-state index in [4.69, 9.17) is 16.3 Å². The SMILES string of the molecule is COc1ccc(Nc2cc(C)c(Cl)cc2C)cc1. The van der Waals surface area contributed by atoms with Gasteiger partial charge in [-0.3, -0.25) is 0 Å². The molecule has 0 amide bonds. The van der Waals surface area contributed by atoms with Crippen molar-refractivity contribution >= 4 is 23.0 Å². The highest BCUT2D eigenvalue weighted by Crippen LogP contribution is 2.27. The second-order valence-corrected chi connectivity index (χ2v) is 4.68. The first-order valence-corrected chi connectivity index (χ1v) is 6.16.